The van der Waals surface area contributed by atoms with E-state index in [1.165, 1.54) is 12.1 Å². The summed E-state index contributed by atoms with van der Waals surface area (Å²) in [7, 11) is 0. The highest BCUT2D eigenvalue weighted by Crippen LogP contribution is 2.24. The maximum atomic E-state index is 12.9. The van der Waals surface area contributed by atoms with E-state index in [1.807, 2.05) is 25.1 Å². The van der Waals surface area contributed by atoms with Crippen molar-refractivity contribution >= 4 is 27.5 Å². The van der Waals surface area contributed by atoms with E-state index < -0.39 is 0 Å². The highest BCUT2D eigenvalue weighted by atomic mass is 79.9. The smallest absolute Gasteiger partial charge is 0.124 e. The zero-order valence-corrected chi connectivity index (χ0v) is 12.1. The van der Waals surface area contributed by atoms with Crippen molar-refractivity contribution in [2.75, 3.05) is 0 Å². The predicted molar refractivity (Wildman–Crippen MR) is 74.6 cm³/mol. The Balaban J connectivity index is 2.11. The lowest BCUT2D eigenvalue weighted by molar-refractivity contribution is 0.304. The van der Waals surface area contributed by atoms with Crippen molar-refractivity contribution < 1.29 is 9.13 Å². The molecule has 0 saturated heterocycles. The Bertz CT molecular complexity index is 520. The van der Waals surface area contributed by atoms with E-state index in [4.69, 9.17) is 16.3 Å². The minimum absolute atomic E-state index is 0.321. The first-order valence-electron chi connectivity index (χ1n) is 5.39. The van der Waals surface area contributed by atoms with Crippen molar-refractivity contribution in [2.45, 2.75) is 13.5 Å². The van der Waals surface area contributed by atoms with Gasteiger partial charge >= 0.3 is 0 Å². The minimum atomic E-state index is -0.344. The quantitative estimate of drug-likeness (QED) is 0.758. The maximum absolute atomic E-state index is 12.9. The van der Waals surface area contributed by atoms with Gasteiger partial charge < -0.3 is 4.74 Å². The normalized spacial score (nSPS) is 10.4. The molecule has 0 amide bonds. The van der Waals surface area contributed by atoms with Crippen LogP contribution in [0.25, 0.3) is 0 Å². The summed E-state index contributed by atoms with van der Waals surface area (Å²) in [6.07, 6.45) is 0. The van der Waals surface area contributed by atoms with Crippen LogP contribution in [0.4, 0.5) is 4.39 Å². The number of hydrogen-bond donors (Lipinski definition) is 0. The van der Waals surface area contributed by atoms with Gasteiger partial charge in [-0.25, -0.2) is 4.39 Å². The fourth-order valence-electron chi connectivity index (χ4n) is 1.57. The maximum Gasteiger partial charge on any atom is 0.124 e. The summed E-state index contributed by atoms with van der Waals surface area (Å²) in [4.78, 5) is 0. The van der Waals surface area contributed by atoms with Crippen LogP contribution in [0.15, 0.2) is 40.9 Å². The van der Waals surface area contributed by atoms with E-state index in [9.17, 15) is 4.39 Å². The van der Waals surface area contributed by atoms with Crippen LogP contribution >= 0.6 is 27.5 Å². The molecule has 2 aromatic carbocycles. The second-order valence-electron chi connectivity index (χ2n) is 3.93. The monoisotopic (exact) mass is 328 g/mol. The topological polar surface area (TPSA) is 9.23 Å². The number of ether oxygens (including phenoxy) is 1. The van der Waals surface area contributed by atoms with Gasteiger partial charge in [0.2, 0.25) is 0 Å². The Morgan fingerprint density at radius 1 is 1.22 bits per heavy atom. The molecule has 4 heteroatoms. The molecule has 0 aliphatic carbocycles. The summed E-state index contributed by atoms with van der Waals surface area (Å²) in [6.45, 7) is 2.29. The lowest BCUT2D eigenvalue weighted by Gasteiger charge is -2.10. The van der Waals surface area contributed by atoms with E-state index in [1.54, 1.807) is 6.07 Å². The highest BCUT2D eigenvalue weighted by Gasteiger charge is 2.05. The van der Waals surface area contributed by atoms with E-state index in [-0.39, 0.29) is 5.82 Å². The van der Waals surface area contributed by atoms with Crippen LogP contribution in [0.1, 0.15) is 11.1 Å². The molecule has 0 aliphatic heterocycles. The molecule has 0 bridgehead atoms. The molecule has 94 valence electrons. The van der Waals surface area contributed by atoms with Crippen LogP contribution in [0.3, 0.4) is 0 Å². The molecule has 0 saturated carbocycles. The van der Waals surface area contributed by atoms with Crippen molar-refractivity contribution in [3.63, 3.8) is 0 Å². The summed E-state index contributed by atoms with van der Waals surface area (Å²) in [6, 6.07) is 10.1. The zero-order valence-electron chi connectivity index (χ0n) is 9.71. The summed E-state index contributed by atoms with van der Waals surface area (Å²) in [5.74, 6) is 0.446. The molecule has 2 aromatic rings. The summed E-state index contributed by atoms with van der Waals surface area (Å²) >= 11 is 9.33. The van der Waals surface area contributed by atoms with Crippen LogP contribution in [0.2, 0.25) is 5.02 Å². The van der Waals surface area contributed by atoms with Gasteiger partial charge in [0.15, 0.2) is 0 Å². The van der Waals surface area contributed by atoms with Crippen molar-refractivity contribution in [3.8, 4) is 5.75 Å². The van der Waals surface area contributed by atoms with Gasteiger partial charge in [0.05, 0.1) is 5.02 Å². The third-order valence-corrected chi connectivity index (χ3v) is 3.38. The van der Waals surface area contributed by atoms with Crippen LogP contribution in [0, 0.1) is 12.7 Å². The van der Waals surface area contributed by atoms with Gasteiger partial charge in [-0.1, -0.05) is 33.6 Å². The third kappa shape index (κ3) is 3.24. The first-order valence-corrected chi connectivity index (χ1v) is 6.56. The first kappa shape index (κ1) is 13.4. The lowest BCUT2D eigenvalue weighted by atomic mass is 10.2. The summed E-state index contributed by atoms with van der Waals surface area (Å²) in [5.41, 5.74) is 1.79. The predicted octanol–water partition coefficient (Wildman–Crippen LogP) is 5.13. The average molecular weight is 330 g/mol. The number of rotatable bonds is 3. The Kier molecular flexibility index (Phi) is 4.25. The molecule has 0 aliphatic rings. The van der Waals surface area contributed by atoms with Crippen LogP contribution < -0.4 is 4.74 Å². The standard InChI is InChI=1S/C14H11BrClFO/c1-9-6-11(15)3-5-14(9)18-8-10-2-4-12(17)7-13(10)16/h2-7H,8H2,1H3. The molecule has 1 nitrogen and oxygen atoms in total. The van der Waals surface area contributed by atoms with Crippen molar-refractivity contribution in [2.24, 2.45) is 0 Å². The first-order chi connectivity index (χ1) is 8.56. The molecule has 0 aromatic heterocycles. The Morgan fingerprint density at radius 3 is 2.67 bits per heavy atom. The molecule has 0 heterocycles. The minimum Gasteiger partial charge on any atom is -0.489 e. The lowest BCUT2D eigenvalue weighted by Crippen LogP contribution is -1.98. The number of benzene rings is 2. The third-order valence-electron chi connectivity index (χ3n) is 2.54. The summed E-state index contributed by atoms with van der Waals surface area (Å²) in [5, 5.41) is 0.379. The van der Waals surface area contributed by atoms with Crippen molar-refractivity contribution in [3.05, 3.63) is 62.8 Å². The summed E-state index contributed by atoms with van der Waals surface area (Å²) < 4.78 is 19.6. The molecule has 0 atom stereocenters. The van der Waals surface area contributed by atoms with Crippen LogP contribution in [-0.2, 0) is 6.61 Å². The molecular weight excluding hydrogens is 319 g/mol. The molecule has 0 N–H and O–H groups in total. The second-order valence-corrected chi connectivity index (χ2v) is 5.26. The molecule has 2 rings (SSSR count). The molecule has 0 fully saturated rings. The van der Waals surface area contributed by atoms with Gasteiger partial charge in [-0.3, -0.25) is 0 Å². The molecule has 0 radical (unpaired) electrons. The average Bonchev–Trinajstić information content (AvgIpc) is 2.30. The number of hydrogen-bond acceptors (Lipinski definition) is 1. The Labute approximate surface area is 119 Å². The van der Waals surface area contributed by atoms with Gasteiger partial charge in [0.1, 0.15) is 18.2 Å². The van der Waals surface area contributed by atoms with Crippen molar-refractivity contribution in [1.82, 2.24) is 0 Å². The van der Waals surface area contributed by atoms with Gasteiger partial charge in [-0.15, -0.1) is 0 Å². The second kappa shape index (κ2) is 5.72. The van der Waals surface area contributed by atoms with Crippen LogP contribution in [0.5, 0.6) is 5.75 Å². The van der Waals surface area contributed by atoms with E-state index in [0.717, 1.165) is 21.3 Å². The highest BCUT2D eigenvalue weighted by molar-refractivity contribution is 9.10. The van der Waals surface area contributed by atoms with E-state index in [2.05, 4.69) is 15.9 Å². The van der Waals surface area contributed by atoms with Gasteiger partial charge in [-0.05, 0) is 42.8 Å². The largest absolute Gasteiger partial charge is 0.489 e. The van der Waals surface area contributed by atoms with E-state index >= 15 is 0 Å². The fraction of sp³-hybridized carbons (Fsp3) is 0.143. The van der Waals surface area contributed by atoms with Crippen molar-refractivity contribution in [1.29, 1.82) is 0 Å². The zero-order chi connectivity index (χ0) is 13.1. The Hall–Kier alpha value is -1.06. The van der Waals surface area contributed by atoms with Gasteiger partial charge in [-0.2, -0.15) is 0 Å². The van der Waals surface area contributed by atoms with Gasteiger partial charge in [0, 0.05) is 10.0 Å². The molecule has 0 spiro atoms. The fourth-order valence-corrected chi connectivity index (χ4v) is 2.27. The SMILES string of the molecule is Cc1cc(Br)ccc1OCc1ccc(F)cc1Cl. The molecule has 18 heavy (non-hydrogen) atoms. The van der Waals surface area contributed by atoms with Crippen LogP contribution in [-0.4, -0.2) is 0 Å². The van der Waals surface area contributed by atoms with E-state index in [0.29, 0.717) is 11.6 Å². The molecule has 0 unspecified atom stereocenters. The van der Waals surface area contributed by atoms with Gasteiger partial charge in [0.25, 0.3) is 0 Å². The number of halogens is 3. The number of aryl methyl sites for hydroxylation is 1. The molecular formula is C14H11BrClFO. The Morgan fingerprint density at radius 2 is 2.00 bits per heavy atom.